The van der Waals surface area contributed by atoms with Crippen molar-refractivity contribution in [2.45, 2.75) is 26.5 Å². The third-order valence-corrected chi connectivity index (χ3v) is 12.3. The molecule has 0 bridgehead atoms. The Balaban J connectivity index is 0.000000208. The summed E-state index contributed by atoms with van der Waals surface area (Å²) in [5.41, 5.74) is 12.0. The fourth-order valence-corrected chi connectivity index (χ4v) is 8.38. The van der Waals surface area contributed by atoms with Gasteiger partial charge >= 0.3 is 0 Å². The van der Waals surface area contributed by atoms with E-state index < -0.39 is 14.9 Å². The maximum absolute atomic E-state index is 7.35. The Hall–Kier alpha value is -6.17. The minimum Gasteiger partial charge on any atom is -0.501 e. The second-order valence-electron chi connectivity index (χ2n) is 15.1. The summed E-state index contributed by atoms with van der Waals surface area (Å²) >= 11 is 0. The number of hydrogen-bond acceptors (Lipinski definition) is 3. The second-order valence-corrected chi connectivity index (χ2v) is 20.1. The molecule has 0 N–H and O–H groups in total. The van der Waals surface area contributed by atoms with Crippen LogP contribution in [-0.2, 0) is 20.1 Å². The monoisotopic (exact) mass is 947 g/mol. The van der Waals surface area contributed by atoms with E-state index >= 15 is 0 Å². The first kappa shape index (κ1) is 35.0. The molecule has 6 heteroatoms. The van der Waals surface area contributed by atoms with Gasteiger partial charge in [0.25, 0.3) is 0 Å². The molecule has 10 aromatic rings. The van der Waals surface area contributed by atoms with Crippen molar-refractivity contribution in [3.8, 4) is 50.6 Å². The van der Waals surface area contributed by atoms with Crippen LogP contribution in [-0.4, -0.2) is 22.6 Å². The molecule has 0 unspecified atom stereocenters. The number of rotatable bonds is 6. The molecule has 0 aliphatic rings. The minimum atomic E-state index is -2.08. The van der Waals surface area contributed by atoms with Gasteiger partial charge in [-0.2, -0.15) is 0 Å². The van der Waals surface area contributed by atoms with Crippen LogP contribution in [0.1, 0.15) is 9.68 Å². The Kier molecular flexibility index (Phi) is 9.88. The number of hydrogen-bond donors (Lipinski definition) is 0. The van der Waals surface area contributed by atoms with Gasteiger partial charge in [0.15, 0.2) is 0 Å². The van der Waals surface area contributed by atoms with Gasteiger partial charge in [-0.25, -0.2) is 0 Å². The number of aryl methyl sites for hydroxylation is 1. The van der Waals surface area contributed by atoms with Gasteiger partial charge in [0.05, 0.1) is 36.2 Å². The molecule has 3 heterocycles. The molecule has 0 saturated carbocycles. The van der Waals surface area contributed by atoms with Crippen molar-refractivity contribution in [3.05, 3.63) is 194 Å². The number of aromatic nitrogens is 3. The second kappa shape index (κ2) is 16.4. The van der Waals surface area contributed by atoms with Gasteiger partial charge in [0, 0.05) is 46.9 Å². The van der Waals surface area contributed by atoms with E-state index in [0.717, 1.165) is 83.6 Å². The molecule has 0 amide bonds. The molecule has 1 radical (unpaired) electrons. The van der Waals surface area contributed by atoms with Gasteiger partial charge in [-0.3, -0.25) is 4.98 Å². The van der Waals surface area contributed by atoms with Crippen molar-refractivity contribution in [1.29, 1.82) is 0 Å². The number of benzene rings is 7. The van der Waals surface area contributed by atoms with E-state index in [2.05, 4.69) is 157 Å². The Bertz CT molecular complexity index is 2990. The molecule has 0 saturated heterocycles. The average Bonchev–Trinajstić information content (AvgIpc) is 3.85. The number of fused-ring (bicyclic) bond motifs is 4. The van der Waals surface area contributed by atoms with Crippen LogP contribution in [0, 0.1) is 19.0 Å². The number of furan rings is 1. The van der Waals surface area contributed by atoms with E-state index in [0.29, 0.717) is 5.56 Å². The summed E-state index contributed by atoms with van der Waals surface area (Å²) in [6.07, 6.45) is 1.92. The van der Waals surface area contributed by atoms with Crippen LogP contribution in [0.4, 0.5) is 0 Å². The molecule has 0 aliphatic heterocycles. The predicted molar refractivity (Wildman–Crippen MR) is 240 cm³/mol. The van der Waals surface area contributed by atoms with Gasteiger partial charge < -0.3 is 14.0 Å². The summed E-state index contributed by atoms with van der Waals surface area (Å²) in [4.78, 5) is 9.69. The van der Waals surface area contributed by atoms with Gasteiger partial charge in [0.2, 0.25) is 0 Å². The largest absolute Gasteiger partial charge is 0.501 e. The molecule has 10 rings (SSSR count). The van der Waals surface area contributed by atoms with E-state index in [-0.39, 0.29) is 20.1 Å². The van der Waals surface area contributed by atoms with E-state index in [9.17, 15) is 0 Å². The fourth-order valence-electron chi connectivity index (χ4n) is 7.34. The van der Waals surface area contributed by atoms with Crippen molar-refractivity contribution < 1.29 is 28.6 Å². The maximum atomic E-state index is 7.35. The fraction of sp³-hybridized carbons (Fsp3) is 0.0769. The quantitative estimate of drug-likeness (QED) is 0.123. The molecule has 285 valence electrons. The maximum Gasteiger partial charge on any atom is 0.120 e. The van der Waals surface area contributed by atoms with Crippen molar-refractivity contribution in [2.75, 3.05) is 0 Å². The molecule has 0 atom stereocenters. The molecule has 0 aliphatic carbocycles. The standard InChI is InChI=1S/C37H23N2O.C15H18NSi.Ir/c1-3-13-25(14-4-1)27-18-11-19-28(26-15-5-2-6-16-26)35(27)39-33-23-9-8-22-32(33)38-37(39)31-21-12-20-30-29-17-7-10-24-34(29)40-36(30)31;1-12-5-7-13(8-6-12)15-10-9-14(11-16-15)17(2,3)4;/h1-20,22-24H;5-7,9-11H,1-4H3;/q2*-1;/i;1D3;. The zero-order valence-corrected chi connectivity index (χ0v) is 35.7. The number of nitrogens with zero attached hydrogens (tertiary/aromatic N) is 3. The summed E-state index contributed by atoms with van der Waals surface area (Å²) in [7, 11) is -1.34. The van der Waals surface area contributed by atoms with Crippen LogP contribution in [0.3, 0.4) is 0 Å². The summed E-state index contributed by atoms with van der Waals surface area (Å²) in [6, 6.07) is 63.7. The first-order chi connectivity index (χ1) is 29.0. The topological polar surface area (TPSA) is 43.9 Å². The Labute approximate surface area is 358 Å². The van der Waals surface area contributed by atoms with Crippen molar-refractivity contribution in [3.63, 3.8) is 0 Å². The molecule has 0 spiro atoms. The third-order valence-electron chi connectivity index (χ3n) is 10.3. The molecule has 7 aromatic carbocycles. The van der Waals surface area contributed by atoms with E-state index in [1.165, 1.54) is 11.3 Å². The summed E-state index contributed by atoms with van der Waals surface area (Å²) in [6.45, 7) is 4.76. The van der Waals surface area contributed by atoms with Crippen LogP contribution in [0.5, 0.6) is 0 Å². The molecule has 4 nitrogen and oxygen atoms in total. The first-order valence-corrected chi connectivity index (χ1v) is 22.6. The smallest absolute Gasteiger partial charge is 0.120 e. The summed E-state index contributed by atoms with van der Waals surface area (Å²) in [5, 5.41) is 3.45. The molecule has 3 aromatic heterocycles. The van der Waals surface area contributed by atoms with Gasteiger partial charge in [-0.15, -0.1) is 53.6 Å². The van der Waals surface area contributed by atoms with E-state index in [1.54, 1.807) is 12.1 Å². The molecule has 58 heavy (non-hydrogen) atoms. The normalized spacial score (nSPS) is 12.3. The van der Waals surface area contributed by atoms with Gasteiger partial charge in [0.1, 0.15) is 5.58 Å². The van der Waals surface area contributed by atoms with Crippen LogP contribution in [0.15, 0.2) is 180 Å². The number of para-hydroxylation sites is 4. The van der Waals surface area contributed by atoms with E-state index in [1.807, 2.05) is 42.6 Å². The Morgan fingerprint density at radius 3 is 2.00 bits per heavy atom. The Morgan fingerprint density at radius 1 is 0.655 bits per heavy atom. The van der Waals surface area contributed by atoms with Crippen LogP contribution >= 0.6 is 0 Å². The van der Waals surface area contributed by atoms with Crippen molar-refractivity contribution >= 4 is 46.2 Å². The number of imidazole rings is 1. The molecular formula is C52H41IrN3OSi-2. The van der Waals surface area contributed by atoms with Gasteiger partial charge in [-0.1, -0.05) is 159 Å². The number of pyridine rings is 1. The van der Waals surface area contributed by atoms with Crippen LogP contribution in [0.25, 0.3) is 83.6 Å². The predicted octanol–water partition coefficient (Wildman–Crippen LogP) is 13.1. The Morgan fingerprint density at radius 2 is 1.34 bits per heavy atom. The van der Waals surface area contributed by atoms with Crippen molar-refractivity contribution in [1.82, 2.24) is 14.5 Å². The zero-order chi connectivity index (χ0) is 41.4. The first-order valence-electron chi connectivity index (χ1n) is 20.6. The van der Waals surface area contributed by atoms with E-state index in [4.69, 9.17) is 13.5 Å². The zero-order valence-electron chi connectivity index (χ0n) is 35.3. The van der Waals surface area contributed by atoms with Crippen LogP contribution in [0.2, 0.25) is 19.6 Å². The molecular weight excluding hydrogens is 903 g/mol. The van der Waals surface area contributed by atoms with Gasteiger partial charge in [-0.05, 0) is 40.2 Å². The van der Waals surface area contributed by atoms with Crippen LogP contribution < -0.4 is 5.19 Å². The molecule has 0 fully saturated rings. The average molecular weight is 947 g/mol. The SMILES string of the molecule is [2H]C([2H])([2H])c1c[c-]c(-c2ccc([Si](C)(C)C)cn2)cc1.[Ir].[c-]1ccc2c(oc3ccccc32)c1-c1nc2ccccc2n1-c1c(-c2ccccc2)cccc1-c1ccccc1. The van der Waals surface area contributed by atoms with Crippen molar-refractivity contribution in [2.24, 2.45) is 0 Å². The third kappa shape index (κ3) is 7.50. The minimum absolute atomic E-state index is 0. The summed E-state index contributed by atoms with van der Waals surface area (Å²) in [5.74, 6) is 0.798. The summed E-state index contributed by atoms with van der Waals surface area (Å²) < 4.78 is 30.8.